The predicted molar refractivity (Wildman–Crippen MR) is 69.4 cm³/mol. The zero-order valence-corrected chi connectivity index (χ0v) is 11.5. The highest BCUT2D eigenvalue weighted by molar-refractivity contribution is 7.89. The molecule has 1 aromatic heterocycles. The lowest BCUT2D eigenvalue weighted by molar-refractivity contribution is 0.142. The molecular formula is C12H19N3O2S. The number of nitrogens with two attached hydrogens (primary N) is 1. The van der Waals surface area contributed by atoms with Gasteiger partial charge in [0.25, 0.3) is 0 Å². The van der Waals surface area contributed by atoms with Crippen molar-refractivity contribution in [2.45, 2.75) is 43.2 Å². The summed E-state index contributed by atoms with van der Waals surface area (Å²) in [5.74, 6) is 0. The molecule has 1 saturated heterocycles. The van der Waals surface area contributed by atoms with Gasteiger partial charge in [-0.1, -0.05) is 0 Å². The molecule has 6 heteroatoms. The maximum Gasteiger partial charge on any atom is 0.243 e. The number of aromatic nitrogens is 1. The van der Waals surface area contributed by atoms with Crippen LogP contribution in [0.1, 0.15) is 26.7 Å². The van der Waals surface area contributed by atoms with E-state index in [4.69, 9.17) is 5.73 Å². The molecule has 2 heterocycles. The lowest BCUT2D eigenvalue weighted by Crippen LogP contribution is -2.61. The predicted octanol–water partition coefficient (Wildman–Crippen LogP) is 0.972. The fraction of sp³-hybridized carbons (Fsp3) is 0.583. The van der Waals surface area contributed by atoms with Crippen LogP contribution in [-0.4, -0.2) is 35.8 Å². The molecule has 0 aliphatic carbocycles. The summed E-state index contributed by atoms with van der Waals surface area (Å²) in [5.41, 5.74) is 5.50. The molecule has 5 nitrogen and oxygen atoms in total. The second kappa shape index (κ2) is 4.60. The molecule has 1 aliphatic rings. The van der Waals surface area contributed by atoms with Crippen LogP contribution in [0.3, 0.4) is 0 Å². The first-order chi connectivity index (χ1) is 8.37. The van der Waals surface area contributed by atoms with Gasteiger partial charge in [0.1, 0.15) is 0 Å². The van der Waals surface area contributed by atoms with Crippen molar-refractivity contribution in [2.75, 3.05) is 6.54 Å². The third-order valence-corrected chi connectivity index (χ3v) is 5.77. The van der Waals surface area contributed by atoms with E-state index in [9.17, 15) is 8.42 Å². The highest BCUT2D eigenvalue weighted by Crippen LogP contribution is 2.31. The average molecular weight is 269 g/mol. The Morgan fingerprint density at radius 3 is 2.61 bits per heavy atom. The zero-order valence-electron chi connectivity index (χ0n) is 10.7. The maximum atomic E-state index is 12.6. The number of piperidine rings is 1. The molecule has 0 spiro atoms. The fourth-order valence-electron chi connectivity index (χ4n) is 2.35. The van der Waals surface area contributed by atoms with Gasteiger partial charge in [0, 0.05) is 30.5 Å². The molecule has 0 saturated carbocycles. The van der Waals surface area contributed by atoms with E-state index in [1.165, 1.54) is 28.8 Å². The van der Waals surface area contributed by atoms with Gasteiger partial charge < -0.3 is 5.73 Å². The fourth-order valence-corrected chi connectivity index (χ4v) is 4.19. The smallest absolute Gasteiger partial charge is 0.243 e. The number of rotatable bonds is 2. The van der Waals surface area contributed by atoms with E-state index in [1.807, 2.05) is 13.8 Å². The van der Waals surface area contributed by atoms with Gasteiger partial charge in [0.05, 0.1) is 4.90 Å². The standard InChI is InChI=1S/C12H19N3O2S/c1-12(2)11(13)4-3-9-15(12)18(16,17)10-5-7-14-8-6-10/h5-8,11H,3-4,9,13H2,1-2H3. The molecule has 2 rings (SSSR count). The summed E-state index contributed by atoms with van der Waals surface area (Å²) in [6.45, 7) is 4.29. The summed E-state index contributed by atoms with van der Waals surface area (Å²) < 4.78 is 26.7. The number of hydrogen-bond acceptors (Lipinski definition) is 4. The molecule has 0 aromatic carbocycles. The second-order valence-corrected chi connectivity index (χ2v) is 7.02. The molecular weight excluding hydrogens is 250 g/mol. The van der Waals surface area contributed by atoms with E-state index in [2.05, 4.69) is 4.98 Å². The van der Waals surface area contributed by atoms with Gasteiger partial charge in [-0.15, -0.1) is 0 Å². The minimum atomic E-state index is -3.49. The summed E-state index contributed by atoms with van der Waals surface area (Å²) in [6.07, 6.45) is 4.64. The van der Waals surface area contributed by atoms with Crippen LogP contribution in [0, 0.1) is 0 Å². The molecule has 1 unspecified atom stereocenters. The van der Waals surface area contributed by atoms with Crippen LogP contribution in [0.4, 0.5) is 0 Å². The third-order valence-electron chi connectivity index (χ3n) is 3.66. The second-order valence-electron chi connectivity index (χ2n) is 5.16. The van der Waals surface area contributed by atoms with E-state index in [1.54, 1.807) is 0 Å². The van der Waals surface area contributed by atoms with Crippen LogP contribution in [0.25, 0.3) is 0 Å². The van der Waals surface area contributed by atoms with Crippen molar-refractivity contribution in [3.63, 3.8) is 0 Å². The Bertz CT molecular complexity index is 513. The Hall–Kier alpha value is -0.980. The number of hydrogen-bond donors (Lipinski definition) is 1. The molecule has 1 aromatic rings. The Balaban J connectivity index is 2.42. The van der Waals surface area contributed by atoms with Gasteiger partial charge in [-0.3, -0.25) is 4.98 Å². The molecule has 18 heavy (non-hydrogen) atoms. The first kappa shape index (κ1) is 13.5. The zero-order chi connectivity index (χ0) is 13.4. The van der Waals surface area contributed by atoms with Crippen LogP contribution in [0.2, 0.25) is 0 Å². The van der Waals surface area contributed by atoms with Crippen molar-refractivity contribution in [1.29, 1.82) is 0 Å². The van der Waals surface area contributed by atoms with Gasteiger partial charge in [-0.2, -0.15) is 4.31 Å². The Morgan fingerprint density at radius 1 is 1.39 bits per heavy atom. The van der Waals surface area contributed by atoms with Crippen LogP contribution in [0.15, 0.2) is 29.4 Å². The first-order valence-electron chi connectivity index (χ1n) is 6.05. The van der Waals surface area contributed by atoms with Gasteiger partial charge in [-0.05, 0) is 38.8 Å². The van der Waals surface area contributed by atoms with E-state index < -0.39 is 15.6 Å². The van der Waals surface area contributed by atoms with Crippen LogP contribution in [0.5, 0.6) is 0 Å². The minimum Gasteiger partial charge on any atom is -0.326 e. The first-order valence-corrected chi connectivity index (χ1v) is 7.49. The summed E-state index contributed by atoms with van der Waals surface area (Å²) in [4.78, 5) is 4.13. The van der Waals surface area contributed by atoms with Crippen molar-refractivity contribution in [3.05, 3.63) is 24.5 Å². The molecule has 0 radical (unpaired) electrons. The molecule has 100 valence electrons. The number of nitrogens with zero attached hydrogens (tertiary/aromatic N) is 2. The van der Waals surface area contributed by atoms with Crippen molar-refractivity contribution in [2.24, 2.45) is 5.73 Å². The summed E-state index contributed by atoms with van der Waals surface area (Å²) in [5, 5.41) is 0. The average Bonchev–Trinajstić information content (AvgIpc) is 2.33. The third kappa shape index (κ3) is 2.15. The van der Waals surface area contributed by atoms with Crippen LogP contribution < -0.4 is 5.73 Å². The molecule has 0 amide bonds. The van der Waals surface area contributed by atoms with Gasteiger partial charge in [0.15, 0.2) is 0 Å². The summed E-state index contributed by atoms with van der Waals surface area (Å²) >= 11 is 0. The summed E-state index contributed by atoms with van der Waals surface area (Å²) in [7, 11) is -3.49. The monoisotopic (exact) mass is 269 g/mol. The van der Waals surface area contributed by atoms with Crippen molar-refractivity contribution in [3.8, 4) is 0 Å². The van der Waals surface area contributed by atoms with E-state index >= 15 is 0 Å². The topological polar surface area (TPSA) is 76.3 Å². The number of sulfonamides is 1. The van der Waals surface area contributed by atoms with Gasteiger partial charge in [-0.25, -0.2) is 8.42 Å². The Kier molecular flexibility index (Phi) is 3.44. The quantitative estimate of drug-likeness (QED) is 0.868. The van der Waals surface area contributed by atoms with Gasteiger partial charge >= 0.3 is 0 Å². The van der Waals surface area contributed by atoms with Crippen molar-refractivity contribution >= 4 is 10.0 Å². The van der Waals surface area contributed by atoms with Crippen molar-refractivity contribution in [1.82, 2.24) is 9.29 Å². The molecule has 1 atom stereocenters. The van der Waals surface area contributed by atoms with Crippen LogP contribution in [-0.2, 0) is 10.0 Å². The SMILES string of the molecule is CC1(C)C(N)CCCN1S(=O)(=O)c1ccncc1. The van der Waals surface area contributed by atoms with Crippen molar-refractivity contribution < 1.29 is 8.42 Å². The molecule has 1 fully saturated rings. The maximum absolute atomic E-state index is 12.6. The normalized spacial score (nSPS) is 24.9. The highest BCUT2D eigenvalue weighted by Gasteiger charge is 2.43. The van der Waals surface area contributed by atoms with Gasteiger partial charge in [0.2, 0.25) is 10.0 Å². The van der Waals surface area contributed by atoms with E-state index in [-0.39, 0.29) is 10.9 Å². The Labute approximate surface area is 108 Å². The van der Waals surface area contributed by atoms with E-state index in [0.717, 1.165) is 12.8 Å². The minimum absolute atomic E-state index is 0.136. The lowest BCUT2D eigenvalue weighted by atomic mass is 9.88. The van der Waals surface area contributed by atoms with Crippen LogP contribution >= 0.6 is 0 Å². The Morgan fingerprint density at radius 2 is 2.00 bits per heavy atom. The lowest BCUT2D eigenvalue weighted by Gasteiger charge is -2.45. The largest absolute Gasteiger partial charge is 0.326 e. The molecule has 2 N–H and O–H groups in total. The molecule has 0 bridgehead atoms. The van der Waals surface area contributed by atoms with E-state index in [0.29, 0.717) is 6.54 Å². The number of pyridine rings is 1. The summed E-state index contributed by atoms with van der Waals surface area (Å²) in [6, 6.07) is 2.90. The molecule has 1 aliphatic heterocycles. The highest BCUT2D eigenvalue weighted by atomic mass is 32.2.